The highest BCUT2D eigenvalue weighted by Gasteiger charge is 2.41. The molecule has 18 heavy (non-hydrogen) atoms. The first-order valence-electron chi connectivity index (χ1n) is 5.56. The maximum atomic E-state index is 11.5. The van der Waals surface area contributed by atoms with E-state index in [9.17, 15) is 14.7 Å². The summed E-state index contributed by atoms with van der Waals surface area (Å²) in [5.74, 6) is -0.849. The summed E-state index contributed by atoms with van der Waals surface area (Å²) in [5.41, 5.74) is -0.823. The monoisotopic (exact) mass is 271 g/mol. The van der Waals surface area contributed by atoms with E-state index in [2.05, 4.69) is 25.4 Å². The van der Waals surface area contributed by atoms with Gasteiger partial charge in [0.25, 0.3) is 0 Å². The molecule has 9 heteroatoms. The number of carboxylic acid groups (broad SMARTS) is 1. The molecule has 0 bridgehead atoms. The van der Waals surface area contributed by atoms with Crippen LogP contribution in [0.4, 0.5) is 9.93 Å². The third-order valence-electron chi connectivity index (χ3n) is 3.12. The first kappa shape index (κ1) is 12.7. The van der Waals surface area contributed by atoms with Crippen molar-refractivity contribution in [3.63, 3.8) is 0 Å². The van der Waals surface area contributed by atoms with Crippen molar-refractivity contribution in [3.05, 3.63) is 0 Å². The zero-order valence-electron chi connectivity index (χ0n) is 9.55. The Hall–Kier alpha value is -1.77. The summed E-state index contributed by atoms with van der Waals surface area (Å²) in [6.07, 6.45) is 2.97. The van der Waals surface area contributed by atoms with Crippen molar-refractivity contribution >= 4 is 28.7 Å². The normalized spacial score (nSPS) is 17.3. The number of carbonyl (C=O) groups is 2. The first-order valence-corrected chi connectivity index (χ1v) is 6.33. The maximum absolute atomic E-state index is 11.5. The average Bonchev–Trinajstić information content (AvgIpc) is 2.97. The molecule has 0 unspecified atom stereocenters. The second-order valence-electron chi connectivity index (χ2n) is 4.27. The lowest BCUT2D eigenvalue weighted by atomic mass is 9.86. The van der Waals surface area contributed by atoms with Gasteiger partial charge in [0.15, 0.2) is 0 Å². The van der Waals surface area contributed by atoms with Gasteiger partial charge < -0.3 is 10.4 Å². The van der Waals surface area contributed by atoms with Crippen LogP contribution in [0.3, 0.4) is 0 Å². The highest BCUT2D eigenvalue weighted by molar-refractivity contribution is 7.09. The number of aliphatic carboxylic acids is 1. The fourth-order valence-electron chi connectivity index (χ4n) is 2.09. The smallest absolute Gasteiger partial charge is 0.321 e. The van der Waals surface area contributed by atoms with Gasteiger partial charge in [-0.3, -0.25) is 10.1 Å². The largest absolute Gasteiger partial charge is 0.481 e. The summed E-state index contributed by atoms with van der Waals surface area (Å²) in [6, 6.07) is -0.485. The van der Waals surface area contributed by atoms with Gasteiger partial charge in [-0.15, -0.1) is 0 Å². The van der Waals surface area contributed by atoms with E-state index in [1.807, 2.05) is 0 Å². The van der Waals surface area contributed by atoms with E-state index in [1.54, 1.807) is 0 Å². The third kappa shape index (κ3) is 2.73. The standard InChI is InChI=1S/C9H13N5O3S/c15-6(16)9(3-1-2-4-9)5-10-7(17)11-8-12-13-14-18-8/h1-5H2,(H,15,16)(H2,10,11,12,14,17). The maximum Gasteiger partial charge on any atom is 0.321 e. The molecular weight excluding hydrogens is 258 g/mol. The average molecular weight is 271 g/mol. The van der Waals surface area contributed by atoms with Crippen molar-refractivity contribution < 1.29 is 14.7 Å². The van der Waals surface area contributed by atoms with Crippen LogP contribution in [0, 0.1) is 5.41 Å². The molecule has 1 aromatic rings. The van der Waals surface area contributed by atoms with Crippen molar-refractivity contribution in [3.8, 4) is 0 Å². The minimum absolute atomic E-state index is 0.125. The molecule has 1 saturated carbocycles. The topological polar surface area (TPSA) is 117 Å². The van der Waals surface area contributed by atoms with E-state index in [-0.39, 0.29) is 11.7 Å². The molecule has 1 fully saturated rings. The molecule has 1 heterocycles. The van der Waals surface area contributed by atoms with Crippen LogP contribution in [0.25, 0.3) is 0 Å². The molecule has 1 aliphatic rings. The van der Waals surface area contributed by atoms with Crippen LogP contribution in [-0.2, 0) is 4.79 Å². The molecular formula is C9H13N5O3S. The quantitative estimate of drug-likeness (QED) is 0.742. The molecule has 98 valence electrons. The van der Waals surface area contributed by atoms with E-state index >= 15 is 0 Å². The lowest BCUT2D eigenvalue weighted by molar-refractivity contribution is -0.148. The molecule has 0 radical (unpaired) electrons. The highest BCUT2D eigenvalue weighted by Crippen LogP contribution is 2.37. The Morgan fingerprint density at radius 1 is 1.39 bits per heavy atom. The number of aromatic nitrogens is 3. The summed E-state index contributed by atoms with van der Waals surface area (Å²) in [4.78, 5) is 22.8. The molecule has 2 rings (SSSR count). The molecule has 0 spiro atoms. The van der Waals surface area contributed by atoms with Crippen molar-refractivity contribution in [1.29, 1.82) is 0 Å². The number of carbonyl (C=O) groups excluding carboxylic acids is 1. The van der Waals surface area contributed by atoms with Crippen molar-refractivity contribution in [1.82, 2.24) is 20.1 Å². The van der Waals surface area contributed by atoms with Crippen LogP contribution in [0.1, 0.15) is 25.7 Å². The van der Waals surface area contributed by atoms with Crippen LogP contribution >= 0.6 is 11.5 Å². The molecule has 3 N–H and O–H groups in total. The van der Waals surface area contributed by atoms with Gasteiger partial charge in [0.2, 0.25) is 5.13 Å². The summed E-state index contributed by atoms with van der Waals surface area (Å²) < 4.78 is 3.50. The lowest BCUT2D eigenvalue weighted by Crippen LogP contribution is -2.42. The number of carboxylic acids is 1. The molecule has 0 saturated heterocycles. The second kappa shape index (κ2) is 5.25. The molecule has 0 aliphatic heterocycles. The van der Waals surface area contributed by atoms with E-state index in [0.717, 1.165) is 24.4 Å². The van der Waals surface area contributed by atoms with E-state index < -0.39 is 17.4 Å². The number of amides is 2. The van der Waals surface area contributed by atoms with Gasteiger partial charge in [-0.2, -0.15) is 0 Å². The molecule has 8 nitrogen and oxygen atoms in total. The number of hydrogen-bond acceptors (Lipinski definition) is 6. The summed E-state index contributed by atoms with van der Waals surface area (Å²) >= 11 is 0.954. The summed E-state index contributed by atoms with van der Waals surface area (Å²) in [6.45, 7) is 0.125. The van der Waals surface area contributed by atoms with Gasteiger partial charge in [-0.1, -0.05) is 22.4 Å². The van der Waals surface area contributed by atoms with Crippen LogP contribution in [0.2, 0.25) is 0 Å². The molecule has 2 amide bonds. The van der Waals surface area contributed by atoms with Crippen molar-refractivity contribution in [2.45, 2.75) is 25.7 Å². The molecule has 0 aromatic carbocycles. The van der Waals surface area contributed by atoms with E-state index in [0.29, 0.717) is 12.8 Å². The number of hydrogen-bond donors (Lipinski definition) is 3. The number of rotatable bonds is 4. The Balaban J connectivity index is 1.86. The van der Waals surface area contributed by atoms with Crippen molar-refractivity contribution in [2.75, 3.05) is 11.9 Å². The van der Waals surface area contributed by atoms with Crippen LogP contribution in [0.15, 0.2) is 0 Å². The van der Waals surface area contributed by atoms with Crippen LogP contribution in [0.5, 0.6) is 0 Å². The highest BCUT2D eigenvalue weighted by atomic mass is 32.1. The van der Waals surface area contributed by atoms with Gasteiger partial charge >= 0.3 is 12.0 Å². The lowest BCUT2D eigenvalue weighted by Gasteiger charge is -2.23. The number of urea groups is 1. The molecule has 1 aromatic heterocycles. The fraction of sp³-hybridized carbons (Fsp3) is 0.667. The zero-order valence-corrected chi connectivity index (χ0v) is 10.4. The van der Waals surface area contributed by atoms with Gasteiger partial charge in [0.05, 0.1) is 5.41 Å². The van der Waals surface area contributed by atoms with E-state index in [4.69, 9.17) is 0 Å². The van der Waals surface area contributed by atoms with Gasteiger partial charge in [-0.05, 0) is 18.1 Å². The minimum atomic E-state index is -0.849. The Bertz CT molecular complexity index is 429. The number of nitrogens with one attached hydrogen (secondary N) is 2. The SMILES string of the molecule is O=C(NCC1(C(=O)O)CCCC1)Nc1nnns1. The predicted octanol–water partition coefficient (Wildman–Crippen LogP) is 0.700. The predicted molar refractivity (Wildman–Crippen MR) is 63.3 cm³/mol. The Kier molecular flexibility index (Phi) is 3.70. The van der Waals surface area contributed by atoms with Crippen LogP contribution < -0.4 is 10.6 Å². The summed E-state index contributed by atoms with van der Waals surface area (Å²) in [5, 5.41) is 21.4. The molecule has 0 atom stereocenters. The minimum Gasteiger partial charge on any atom is -0.481 e. The first-order chi connectivity index (χ1) is 8.62. The number of anilines is 1. The third-order valence-corrected chi connectivity index (χ3v) is 3.63. The Morgan fingerprint density at radius 3 is 2.67 bits per heavy atom. The Labute approximate surface area is 107 Å². The zero-order chi connectivity index (χ0) is 13.0. The van der Waals surface area contributed by atoms with Crippen LogP contribution in [-0.4, -0.2) is 38.5 Å². The van der Waals surface area contributed by atoms with E-state index in [1.165, 1.54) is 0 Å². The van der Waals surface area contributed by atoms with Gasteiger partial charge in [0.1, 0.15) is 0 Å². The molecule has 1 aliphatic carbocycles. The Morgan fingerprint density at radius 2 is 2.11 bits per heavy atom. The summed E-state index contributed by atoms with van der Waals surface area (Å²) in [7, 11) is 0. The second-order valence-corrected chi connectivity index (χ2v) is 5.00. The van der Waals surface area contributed by atoms with Gasteiger partial charge in [-0.25, -0.2) is 4.79 Å². The fourth-order valence-corrected chi connectivity index (χ4v) is 2.45. The van der Waals surface area contributed by atoms with Gasteiger partial charge in [0, 0.05) is 18.1 Å². The number of nitrogens with zero attached hydrogens (tertiary/aromatic N) is 3. The van der Waals surface area contributed by atoms with Crippen molar-refractivity contribution in [2.24, 2.45) is 5.41 Å².